The fourth-order valence-corrected chi connectivity index (χ4v) is 5.12. The van der Waals surface area contributed by atoms with Crippen LogP contribution in [0.25, 0.3) is 0 Å². The normalized spacial score (nSPS) is 16.4. The smallest absolute Gasteiger partial charge is 0.414 e. The molecule has 1 fully saturated rings. The second kappa shape index (κ2) is 11.4. The summed E-state index contributed by atoms with van der Waals surface area (Å²) in [7, 11) is -3.07. The molecule has 1 aromatic carbocycles. The number of nitrogens with one attached hydrogen (secondary N) is 2. The highest BCUT2D eigenvalue weighted by molar-refractivity contribution is 7.91. The highest BCUT2D eigenvalue weighted by atomic mass is 35.5. The third-order valence-electron chi connectivity index (χ3n) is 4.67. The van der Waals surface area contributed by atoms with Crippen LogP contribution in [0.15, 0.2) is 18.2 Å². The van der Waals surface area contributed by atoms with Crippen LogP contribution in [0.3, 0.4) is 0 Å². The van der Waals surface area contributed by atoms with Crippen molar-refractivity contribution in [1.82, 2.24) is 15.1 Å². The Balaban J connectivity index is 0.000000604. The summed E-state index contributed by atoms with van der Waals surface area (Å²) in [4.78, 5) is 30.1. The van der Waals surface area contributed by atoms with Crippen LogP contribution in [0, 0.1) is 18.6 Å². The SMILES string of the molecule is Cc1nn(C2CCS(=O)(=O)C2)c(Cl)c1CNCC(=O)Nc1ccc(F)c(F)c1.O=C(O)C(=O)O. The van der Waals surface area contributed by atoms with E-state index in [0.717, 1.165) is 12.1 Å². The zero-order valence-corrected chi connectivity index (χ0v) is 19.3. The Morgan fingerprint density at radius 3 is 2.38 bits per heavy atom. The van der Waals surface area contributed by atoms with Crippen LogP contribution in [0.5, 0.6) is 0 Å². The van der Waals surface area contributed by atoms with Gasteiger partial charge in [0.05, 0.1) is 29.8 Å². The first kappa shape index (κ1) is 27.1. The second-order valence-corrected chi connectivity index (χ2v) is 9.83. The number of carbonyl (C=O) groups is 3. The number of sulfone groups is 1. The van der Waals surface area contributed by atoms with Crippen molar-refractivity contribution in [2.24, 2.45) is 0 Å². The summed E-state index contributed by atoms with van der Waals surface area (Å²) in [6, 6.07) is 2.80. The number of anilines is 1. The Kier molecular flexibility index (Phi) is 9.06. The van der Waals surface area contributed by atoms with Gasteiger partial charge in [-0.25, -0.2) is 31.5 Å². The summed E-state index contributed by atoms with van der Waals surface area (Å²) in [5.74, 6) is -6.00. The highest BCUT2D eigenvalue weighted by Crippen LogP contribution is 2.29. The molecule has 1 aliphatic rings. The van der Waals surface area contributed by atoms with Gasteiger partial charge in [-0.1, -0.05) is 11.6 Å². The van der Waals surface area contributed by atoms with Gasteiger partial charge in [0.15, 0.2) is 21.5 Å². The average molecular weight is 523 g/mol. The number of amides is 1. The topological polar surface area (TPSA) is 168 Å². The number of halogens is 3. The molecule has 4 N–H and O–H groups in total. The van der Waals surface area contributed by atoms with Crippen LogP contribution in [-0.2, 0) is 30.8 Å². The molecule has 0 aliphatic carbocycles. The molecule has 0 saturated carbocycles. The molecule has 1 atom stereocenters. The molecule has 0 radical (unpaired) electrons. The van der Waals surface area contributed by atoms with Gasteiger partial charge in [0.1, 0.15) is 5.15 Å². The van der Waals surface area contributed by atoms with E-state index in [-0.39, 0.29) is 36.3 Å². The van der Waals surface area contributed by atoms with Gasteiger partial charge in [0, 0.05) is 23.9 Å². The van der Waals surface area contributed by atoms with Crippen molar-refractivity contribution in [1.29, 1.82) is 0 Å². The summed E-state index contributed by atoms with van der Waals surface area (Å²) in [5, 5.41) is 24.8. The highest BCUT2D eigenvalue weighted by Gasteiger charge is 2.32. The monoisotopic (exact) mass is 522 g/mol. The van der Waals surface area contributed by atoms with Crippen LogP contribution >= 0.6 is 11.6 Å². The number of aromatic nitrogens is 2. The van der Waals surface area contributed by atoms with Gasteiger partial charge in [0.2, 0.25) is 5.91 Å². The summed E-state index contributed by atoms with van der Waals surface area (Å²) in [6.07, 6.45) is 0.465. The van der Waals surface area contributed by atoms with Crippen LogP contribution in [0.4, 0.5) is 14.5 Å². The van der Waals surface area contributed by atoms with Crippen molar-refractivity contribution < 1.29 is 41.8 Å². The zero-order chi connectivity index (χ0) is 25.6. The van der Waals surface area contributed by atoms with Crippen LogP contribution in [-0.4, -0.2) is 64.3 Å². The molecule has 34 heavy (non-hydrogen) atoms. The number of hydrogen-bond acceptors (Lipinski definition) is 7. The fourth-order valence-electron chi connectivity index (χ4n) is 3.04. The van der Waals surface area contributed by atoms with Gasteiger partial charge in [-0.2, -0.15) is 5.10 Å². The van der Waals surface area contributed by atoms with E-state index >= 15 is 0 Å². The fraction of sp³-hybridized carbons (Fsp3) is 0.368. The minimum absolute atomic E-state index is 0.0113. The van der Waals surface area contributed by atoms with E-state index < -0.39 is 39.3 Å². The van der Waals surface area contributed by atoms with Gasteiger partial charge in [-0.15, -0.1) is 0 Å². The van der Waals surface area contributed by atoms with E-state index in [1.54, 1.807) is 6.92 Å². The van der Waals surface area contributed by atoms with Gasteiger partial charge < -0.3 is 20.8 Å². The van der Waals surface area contributed by atoms with Crippen molar-refractivity contribution in [2.75, 3.05) is 23.4 Å². The number of hydrogen-bond donors (Lipinski definition) is 4. The maximum atomic E-state index is 13.2. The molecule has 3 rings (SSSR count). The largest absolute Gasteiger partial charge is 0.473 e. The minimum atomic E-state index is -3.07. The van der Waals surface area contributed by atoms with Gasteiger partial charge in [0.25, 0.3) is 0 Å². The van der Waals surface area contributed by atoms with Crippen molar-refractivity contribution in [3.8, 4) is 0 Å². The summed E-state index contributed by atoms with van der Waals surface area (Å²) in [5.41, 5.74) is 1.46. The van der Waals surface area contributed by atoms with Crippen molar-refractivity contribution >= 4 is 45.0 Å². The second-order valence-electron chi connectivity index (χ2n) is 7.25. The van der Waals surface area contributed by atoms with Gasteiger partial charge in [-0.05, 0) is 25.5 Å². The molecule has 1 aliphatic heterocycles. The zero-order valence-electron chi connectivity index (χ0n) is 17.7. The molecule has 1 unspecified atom stereocenters. The number of rotatable bonds is 6. The van der Waals surface area contributed by atoms with Crippen molar-refractivity contribution in [2.45, 2.75) is 25.9 Å². The number of carbonyl (C=O) groups excluding carboxylic acids is 1. The number of nitrogens with zero attached hydrogens (tertiary/aromatic N) is 2. The van der Waals surface area contributed by atoms with Crippen LogP contribution < -0.4 is 10.6 Å². The molecule has 2 heterocycles. The predicted molar refractivity (Wildman–Crippen MR) is 116 cm³/mol. The molecule has 1 amide bonds. The van der Waals surface area contributed by atoms with E-state index in [1.165, 1.54) is 10.7 Å². The Morgan fingerprint density at radius 2 is 1.85 bits per heavy atom. The minimum Gasteiger partial charge on any atom is -0.473 e. The standard InChI is InChI=1S/C17H19ClF2N4O3S.C2H2O4/c1-10-13(17(18)24(23-10)12-4-5-28(26,27)9-12)7-21-8-16(25)22-11-2-3-14(19)15(20)6-11;3-1(4)2(5)6/h2-3,6,12,21H,4-5,7-9H2,1H3,(H,22,25);(H,3,4)(H,5,6). The van der Waals surface area contributed by atoms with Crippen LogP contribution in [0.2, 0.25) is 5.15 Å². The average Bonchev–Trinajstić information content (AvgIpc) is 3.24. The molecule has 11 nitrogen and oxygen atoms in total. The number of benzene rings is 1. The maximum absolute atomic E-state index is 13.2. The summed E-state index contributed by atoms with van der Waals surface area (Å²) >= 11 is 6.37. The maximum Gasteiger partial charge on any atom is 0.414 e. The number of aryl methyl sites for hydroxylation is 1. The lowest BCUT2D eigenvalue weighted by Crippen LogP contribution is -2.28. The summed E-state index contributed by atoms with van der Waals surface area (Å²) in [6.45, 7) is 1.91. The lowest BCUT2D eigenvalue weighted by atomic mass is 10.2. The van der Waals surface area contributed by atoms with Crippen LogP contribution in [0.1, 0.15) is 23.7 Å². The van der Waals surface area contributed by atoms with E-state index in [9.17, 15) is 22.0 Å². The lowest BCUT2D eigenvalue weighted by molar-refractivity contribution is -0.159. The molecular weight excluding hydrogens is 502 g/mol. The molecule has 15 heteroatoms. The molecule has 1 aromatic heterocycles. The van der Waals surface area contributed by atoms with E-state index in [1.807, 2.05) is 0 Å². The van der Waals surface area contributed by atoms with E-state index in [4.69, 9.17) is 31.4 Å². The van der Waals surface area contributed by atoms with E-state index in [0.29, 0.717) is 22.8 Å². The van der Waals surface area contributed by atoms with Crippen molar-refractivity contribution in [3.05, 3.63) is 46.2 Å². The number of carboxylic acids is 2. The Hall–Kier alpha value is -3.10. The quantitative estimate of drug-likeness (QED) is 0.409. The third kappa shape index (κ3) is 7.46. The Morgan fingerprint density at radius 1 is 1.21 bits per heavy atom. The molecule has 0 spiro atoms. The molecule has 186 valence electrons. The number of aliphatic carboxylic acids is 2. The van der Waals surface area contributed by atoms with E-state index in [2.05, 4.69) is 15.7 Å². The molecule has 0 bridgehead atoms. The molecule has 1 saturated heterocycles. The first-order valence-corrected chi connectivity index (χ1v) is 11.9. The first-order chi connectivity index (χ1) is 15.8. The van der Waals surface area contributed by atoms with Crippen molar-refractivity contribution in [3.63, 3.8) is 0 Å². The Labute approximate surface area is 197 Å². The molecule has 2 aromatic rings. The first-order valence-electron chi connectivity index (χ1n) is 9.66. The Bertz CT molecular complexity index is 1190. The third-order valence-corrected chi connectivity index (χ3v) is 6.82. The number of carboxylic acid groups (broad SMARTS) is 2. The predicted octanol–water partition coefficient (Wildman–Crippen LogP) is 1.37. The van der Waals surface area contributed by atoms with Gasteiger partial charge in [-0.3, -0.25) is 4.79 Å². The summed E-state index contributed by atoms with van der Waals surface area (Å²) < 4.78 is 50.9. The molecular formula is C19H21ClF2N4O7S. The van der Waals surface area contributed by atoms with Gasteiger partial charge >= 0.3 is 11.9 Å². The lowest BCUT2D eigenvalue weighted by Gasteiger charge is -2.10.